The monoisotopic (exact) mass is 626 g/mol. The summed E-state index contributed by atoms with van der Waals surface area (Å²) < 4.78 is 16.3. The molecule has 0 aromatic heterocycles. The summed E-state index contributed by atoms with van der Waals surface area (Å²) in [4.78, 5) is 29.2. The van der Waals surface area contributed by atoms with E-state index in [-0.39, 0.29) is 37.4 Å². The van der Waals surface area contributed by atoms with E-state index in [0.29, 0.717) is 17.9 Å². The van der Waals surface area contributed by atoms with Crippen LogP contribution >= 0.6 is 0 Å². The predicted octanol–water partition coefficient (Wildman–Crippen LogP) is 0.652. The Hall–Kier alpha value is -4.60. The van der Waals surface area contributed by atoms with Crippen LogP contribution in [0.3, 0.4) is 0 Å². The van der Waals surface area contributed by atoms with Crippen molar-refractivity contribution in [1.29, 1.82) is 0 Å². The number of nitrogens with zero attached hydrogens (tertiary/aromatic N) is 5. The number of carbonyl (C=O) groups excluding carboxylic acids is 2. The molecule has 0 heterocycles. The minimum Gasteiger partial charge on any atom is -0.431 e. The SMILES string of the molecule is CON(C)C(=O)c1cccc(CN=N/C(CC(=[NH2+])N=N[NH2+]Cc2cccc(COC(C)OC(=O)OC3CCCCC3)c2)=[NH+]\N)c1. The first kappa shape index (κ1) is 34.9. The van der Waals surface area contributed by atoms with Crippen molar-refractivity contribution < 1.29 is 44.6 Å². The zero-order chi connectivity index (χ0) is 32.4. The van der Waals surface area contributed by atoms with Crippen LogP contribution in [0, 0.1) is 0 Å². The van der Waals surface area contributed by atoms with Crippen LogP contribution < -0.4 is 21.8 Å². The smallest absolute Gasteiger partial charge is 0.431 e. The van der Waals surface area contributed by atoms with Gasteiger partial charge in [0.2, 0.25) is 6.29 Å². The Morgan fingerprint density at radius 2 is 1.82 bits per heavy atom. The fraction of sp³-hybridized carbons (Fsp3) is 0.467. The molecule has 1 amide bonds. The number of amides is 1. The first-order chi connectivity index (χ1) is 21.8. The second kappa shape index (κ2) is 18.9. The van der Waals surface area contributed by atoms with Crippen molar-refractivity contribution in [2.45, 2.75) is 77.5 Å². The zero-order valence-electron chi connectivity index (χ0n) is 26.1. The number of azo groups is 1. The summed E-state index contributed by atoms with van der Waals surface area (Å²) in [5.41, 5.74) is 4.79. The number of hydrogen-bond donors (Lipinski definition) is 4. The van der Waals surface area contributed by atoms with Gasteiger partial charge in [0.05, 0.1) is 18.8 Å². The molecule has 0 spiro atoms. The van der Waals surface area contributed by atoms with E-state index < -0.39 is 12.4 Å². The minimum atomic E-state index is -0.738. The fourth-order valence-corrected chi connectivity index (χ4v) is 4.43. The van der Waals surface area contributed by atoms with Crippen LogP contribution in [0.4, 0.5) is 4.79 Å². The van der Waals surface area contributed by atoms with Gasteiger partial charge in [-0.2, -0.15) is 10.5 Å². The molecule has 1 fully saturated rings. The van der Waals surface area contributed by atoms with Crippen molar-refractivity contribution in [3.8, 4) is 0 Å². The van der Waals surface area contributed by atoms with Gasteiger partial charge < -0.3 is 14.2 Å². The van der Waals surface area contributed by atoms with Crippen LogP contribution in [0.2, 0.25) is 0 Å². The van der Waals surface area contributed by atoms with Gasteiger partial charge in [0.25, 0.3) is 5.91 Å². The number of hydrogen-bond acceptors (Lipinski definition) is 9. The number of hydrazone groups is 1. The van der Waals surface area contributed by atoms with Gasteiger partial charge in [-0.15, -0.1) is 0 Å². The van der Waals surface area contributed by atoms with Crippen molar-refractivity contribution in [2.75, 3.05) is 14.2 Å². The molecule has 3 rings (SSSR count). The van der Waals surface area contributed by atoms with Crippen molar-refractivity contribution in [3.63, 3.8) is 0 Å². The number of nitrogens with one attached hydrogen (secondary N) is 1. The predicted molar refractivity (Wildman–Crippen MR) is 161 cm³/mol. The van der Waals surface area contributed by atoms with Gasteiger partial charge in [0.1, 0.15) is 29.5 Å². The Kier molecular flexibility index (Phi) is 14.7. The molecule has 242 valence electrons. The molecule has 0 aliphatic heterocycles. The van der Waals surface area contributed by atoms with E-state index in [0.717, 1.165) is 47.4 Å². The van der Waals surface area contributed by atoms with Gasteiger partial charge >= 0.3 is 17.8 Å². The number of hydroxylamine groups is 2. The largest absolute Gasteiger partial charge is 0.510 e. The Balaban J connectivity index is 1.37. The molecule has 7 N–H and O–H groups in total. The van der Waals surface area contributed by atoms with Crippen molar-refractivity contribution >= 4 is 23.7 Å². The number of nitrogens with two attached hydrogens (primary N) is 3. The number of rotatable bonds is 14. The molecule has 0 radical (unpaired) electrons. The number of quaternary nitrogens is 1. The highest BCUT2D eigenvalue weighted by molar-refractivity contribution is 5.97. The maximum Gasteiger partial charge on any atom is 0.510 e. The lowest BCUT2D eigenvalue weighted by Crippen LogP contribution is -2.80. The van der Waals surface area contributed by atoms with Gasteiger partial charge in [-0.25, -0.2) is 9.86 Å². The van der Waals surface area contributed by atoms with Crippen LogP contribution in [0.1, 0.15) is 72.5 Å². The molecule has 1 aliphatic carbocycles. The Bertz CT molecular complexity index is 1360. The summed E-state index contributed by atoms with van der Waals surface area (Å²) >= 11 is 0. The normalized spacial score (nSPS) is 14.9. The molecule has 1 aliphatic rings. The Morgan fingerprint density at radius 1 is 1.09 bits per heavy atom. The zero-order valence-corrected chi connectivity index (χ0v) is 26.1. The highest BCUT2D eigenvalue weighted by Gasteiger charge is 2.21. The van der Waals surface area contributed by atoms with Gasteiger partial charge in [0, 0.05) is 18.2 Å². The number of benzene rings is 2. The van der Waals surface area contributed by atoms with Crippen LogP contribution in [-0.4, -0.2) is 55.3 Å². The van der Waals surface area contributed by atoms with E-state index in [1.165, 1.54) is 20.6 Å². The standard InChI is InChI=1S/C30H41N9O6/c1-21(44-30(41)45-26-13-5-4-6-14-26)43-20-24-11-7-9-22(15-24)19-34-38-36-27(31)17-28(35-32)37-33-18-23-10-8-12-25(16-23)29(40)39(2)42-3/h7-12,15-16,21,26H,4-6,13-14,17-20,32H2,1-3H3,(H2,31,34,36)/p+3/b35-28-,37-33?. The maximum atomic E-state index is 12.3. The average molecular weight is 627 g/mol. The number of hydrazine groups is 1. The molecule has 1 unspecified atom stereocenters. The highest BCUT2D eigenvalue weighted by Crippen LogP contribution is 2.21. The lowest BCUT2D eigenvalue weighted by molar-refractivity contribution is -0.683. The Labute approximate surface area is 262 Å². The third kappa shape index (κ3) is 12.9. The lowest BCUT2D eigenvalue weighted by atomic mass is 9.98. The van der Waals surface area contributed by atoms with Gasteiger partial charge in [0.15, 0.2) is 6.42 Å². The third-order valence-corrected chi connectivity index (χ3v) is 6.84. The molecule has 15 nitrogen and oxygen atoms in total. The van der Waals surface area contributed by atoms with Gasteiger partial charge in [-0.3, -0.25) is 20.9 Å². The molecule has 2 aromatic carbocycles. The average Bonchev–Trinajstić information content (AvgIpc) is 3.05. The van der Waals surface area contributed by atoms with Crippen molar-refractivity contribution in [1.82, 2.24) is 5.06 Å². The summed E-state index contributed by atoms with van der Waals surface area (Å²) in [6.07, 6.45) is 3.69. The molecular weight excluding hydrogens is 582 g/mol. The van der Waals surface area contributed by atoms with E-state index in [4.69, 9.17) is 30.3 Å². The van der Waals surface area contributed by atoms with Crippen LogP contribution in [0.5, 0.6) is 0 Å². The number of carbonyl (C=O) groups is 2. The van der Waals surface area contributed by atoms with Crippen LogP contribution in [0.15, 0.2) is 69.1 Å². The van der Waals surface area contributed by atoms with E-state index in [9.17, 15) is 9.59 Å². The first-order valence-corrected chi connectivity index (χ1v) is 14.8. The molecule has 0 bridgehead atoms. The van der Waals surface area contributed by atoms with E-state index in [2.05, 4.69) is 25.7 Å². The van der Waals surface area contributed by atoms with E-state index in [1.54, 1.807) is 30.5 Å². The van der Waals surface area contributed by atoms with Crippen LogP contribution in [0.25, 0.3) is 0 Å². The second-order valence-corrected chi connectivity index (χ2v) is 10.4. The summed E-state index contributed by atoms with van der Waals surface area (Å²) in [5.74, 6) is 5.78. The lowest BCUT2D eigenvalue weighted by Gasteiger charge is -2.22. The maximum absolute atomic E-state index is 12.3. The fourth-order valence-electron chi connectivity index (χ4n) is 4.43. The summed E-state index contributed by atoms with van der Waals surface area (Å²) in [6.45, 7) is 2.66. The minimum absolute atomic E-state index is 0.0666. The second-order valence-electron chi connectivity index (χ2n) is 10.4. The molecule has 45 heavy (non-hydrogen) atoms. The van der Waals surface area contributed by atoms with Crippen molar-refractivity contribution in [2.24, 2.45) is 26.4 Å². The van der Waals surface area contributed by atoms with Gasteiger partial charge in [-0.05, 0) is 61.9 Å². The Morgan fingerprint density at radius 3 is 2.58 bits per heavy atom. The molecule has 0 saturated heterocycles. The molecule has 1 atom stereocenters. The molecular formula is C30H44N9O6+3. The quantitative estimate of drug-likeness (QED) is 0.0448. The topological polar surface area (TPSA) is 206 Å². The molecule has 2 aromatic rings. The van der Waals surface area contributed by atoms with Crippen molar-refractivity contribution in [3.05, 3.63) is 70.8 Å². The third-order valence-electron chi connectivity index (χ3n) is 6.84. The summed E-state index contributed by atoms with van der Waals surface area (Å²) in [5, 5.41) is 25.9. The number of amidine groups is 2. The molecule has 1 saturated carbocycles. The first-order valence-electron chi connectivity index (χ1n) is 14.8. The summed E-state index contributed by atoms with van der Waals surface area (Å²) in [6, 6.07) is 14.8. The van der Waals surface area contributed by atoms with Gasteiger partial charge in [-0.1, -0.05) is 41.9 Å². The molecule has 15 heteroatoms. The summed E-state index contributed by atoms with van der Waals surface area (Å²) in [7, 11) is 2.95. The highest BCUT2D eigenvalue weighted by atomic mass is 16.8. The van der Waals surface area contributed by atoms with E-state index >= 15 is 0 Å². The van der Waals surface area contributed by atoms with Crippen LogP contribution in [-0.2, 0) is 38.7 Å². The van der Waals surface area contributed by atoms with E-state index in [1.807, 2.05) is 30.3 Å². The number of ether oxygens (including phenoxy) is 3.